The van der Waals surface area contributed by atoms with Gasteiger partial charge in [-0.1, -0.05) is 0 Å². The third-order valence-electron chi connectivity index (χ3n) is 4.16. The molecular formula is C16H21N2O3S2+. The van der Waals surface area contributed by atoms with E-state index in [-0.39, 0.29) is 0 Å². The van der Waals surface area contributed by atoms with Crippen LogP contribution in [0, 0.1) is 0 Å². The highest BCUT2D eigenvalue weighted by atomic mass is 32.2. The molecule has 7 heteroatoms. The highest BCUT2D eigenvalue weighted by molar-refractivity contribution is 7.89. The monoisotopic (exact) mass is 353 g/mol. The highest BCUT2D eigenvalue weighted by Crippen LogP contribution is 2.19. The summed E-state index contributed by atoms with van der Waals surface area (Å²) in [6.07, 6.45) is 0. The number of benzene rings is 1. The standard InChI is InChI=1S/C16H20N2O3S2/c1-21-15-2-4-16(5-3-15)23(19,20)18-9-7-17(8-10-18)12-14-6-11-22-13-14/h2-6,11,13H,7-10,12H2,1H3/p+1. The molecule has 0 saturated carbocycles. The van der Waals surface area contributed by atoms with Crippen LogP contribution in [0.4, 0.5) is 0 Å². The van der Waals surface area contributed by atoms with Gasteiger partial charge in [0, 0.05) is 5.56 Å². The summed E-state index contributed by atoms with van der Waals surface area (Å²) in [5.74, 6) is 0.661. The highest BCUT2D eigenvalue weighted by Gasteiger charge is 2.30. The van der Waals surface area contributed by atoms with E-state index in [0.717, 1.165) is 19.6 Å². The van der Waals surface area contributed by atoms with Gasteiger partial charge in [0.05, 0.1) is 38.2 Å². The number of quaternary nitrogens is 1. The number of nitrogens with one attached hydrogen (secondary N) is 1. The molecule has 0 spiro atoms. The van der Waals surface area contributed by atoms with Gasteiger partial charge in [0.15, 0.2) is 0 Å². The predicted molar refractivity (Wildman–Crippen MR) is 90.5 cm³/mol. The number of nitrogens with zero attached hydrogens (tertiary/aromatic N) is 1. The van der Waals surface area contributed by atoms with Crippen molar-refractivity contribution in [2.45, 2.75) is 11.4 Å². The Hall–Kier alpha value is -1.41. The molecule has 3 rings (SSSR count). The lowest BCUT2D eigenvalue weighted by molar-refractivity contribution is -0.917. The summed E-state index contributed by atoms with van der Waals surface area (Å²) in [4.78, 5) is 1.77. The normalized spacial score (nSPS) is 17.3. The molecular weight excluding hydrogens is 332 g/mol. The number of methoxy groups -OCH3 is 1. The third kappa shape index (κ3) is 3.74. The molecule has 0 atom stereocenters. The van der Waals surface area contributed by atoms with Crippen molar-refractivity contribution in [3.63, 3.8) is 0 Å². The molecule has 1 aromatic carbocycles. The molecule has 124 valence electrons. The van der Waals surface area contributed by atoms with Gasteiger partial charge in [-0.15, -0.1) is 0 Å². The molecule has 2 aromatic rings. The van der Waals surface area contributed by atoms with Gasteiger partial charge in [-0.3, -0.25) is 0 Å². The van der Waals surface area contributed by atoms with E-state index in [9.17, 15) is 8.42 Å². The quantitative estimate of drug-likeness (QED) is 0.867. The van der Waals surface area contributed by atoms with Crippen LogP contribution in [0.25, 0.3) is 0 Å². The summed E-state index contributed by atoms with van der Waals surface area (Å²) in [7, 11) is -1.84. The average molecular weight is 353 g/mol. The first-order valence-electron chi connectivity index (χ1n) is 7.58. The van der Waals surface area contributed by atoms with Crippen LogP contribution >= 0.6 is 11.3 Å². The Kier molecular flexibility index (Phi) is 5.01. The van der Waals surface area contributed by atoms with Crippen LogP contribution in [0.15, 0.2) is 46.0 Å². The lowest BCUT2D eigenvalue weighted by Gasteiger charge is -2.31. The summed E-state index contributed by atoms with van der Waals surface area (Å²) < 4.78 is 32.0. The van der Waals surface area contributed by atoms with Crippen LogP contribution in [-0.4, -0.2) is 46.0 Å². The largest absolute Gasteiger partial charge is 0.497 e. The number of rotatable bonds is 5. The van der Waals surface area contributed by atoms with Crippen LogP contribution in [-0.2, 0) is 16.6 Å². The molecule has 5 nitrogen and oxygen atoms in total. The number of thiophene rings is 1. The first-order chi connectivity index (χ1) is 11.1. The van der Waals surface area contributed by atoms with Crippen molar-refractivity contribution in [1.82, 2.24) is 4.31 Å². The Bertz CT molecular complexity index is 719. The predicted octanol–water partition coefficient (Wildman–Crippen LogP) is 0.846. The Morgan fingerprint density at radius 2 is 1.87 bits per heavy atom. The zero-order valence-electron chi connectivity index (χ0n) is 13.1. The zero-order valence-corrected chi connectivity index (χ0v) is 14.7. The van der Waals surface area contributed by atoms with Crippen molar-refractivity contribution in [3.05, 3.63) is 46.7 Å². The maximum absolute atomic E-state index is 12.7. The van der Waals surface area contributed by atoms with Gasteiger partial charge in [0.25, 0.3) is 0 Å². The van der Waals surface area contributed by atoms with Crippen molar-refractivity contribution >= 4 is 21.4 Å². The van der Waals surface area contributed by atoms with Gasteiger partial charge in [-0.2, -0.15) is 15.6 Å². The number of hydrogen-bond acceptors (Lipinski definition) is 4. The number of hydrogen-bond donors (Lipinski definition) is 1. The molecule has 0 aliphatic carbocycles. The second-order valence-electron chi connectivity index (χ2n) is 5.64. The molecule has 1 aliphatic rings. The van der Waals surface area contributed by atoms with E-state index in [0.29, 0.717) is 23.7 Å². The smallest absolute Gasteiger partial charge is 0.243 e. The van der Waals surface area contributed by atoms with E-state index in [1.54, 1.807) is 47.0 Å². The number of piperazine rings is 1. The Morgan fingerprint density at radius 1 is 1.17 bits per heavy atom. The molecule has 23 heavy (non-hydrogen) atoms. The van der Waals surface area contributed by atoms with E-state index in [1.165, 1.54) is 10.5 Å². The van der Waals surface area contributed by atoms with Crippen molar-refractivity contribution in [1.29, 1.82) is 0 Å². The van der Waals surface area contributed by atoms with Crippen LogP contribution in [0.3, 0.4) is 0 Å². The van der Waals surface area contributed by atoms with E-state index in [1.807, 2.05) is 0 Å². The van der Waals surface area contributed by atoms with E-state index in [2.05, 4.69) is 16.8 Å². The topological polar surface area (TPSA) is 51.1 Å². The summed E-state index contributed by atoms with van der Waals surface area (Å²) in [6, 6.07) is 8.73. The van der Waals surface area contributed by atoms with Gasteiger partial charge >= 0.3 is 0 Å². The van der Waals surface area contributed by atoms with Gasteiger partial charge in [0.1, 0.15) is 12.3 Å². The Balaban J connectivity index is 1.63. The Labute approximate surface area is 141 Å². The van der Waals surface area contributed by atoms with Crippen LogP contribution in [0.1, 0.15) is 5.56 Å². The molecule has 0 bridgehead atoms. The van der Waals surface area contributed by atoms with Crippen molar-refractivity contribution in [2.24, 2.45) is 0 Å². The molecule has 1 saturated heterocycles. The summed E-state index contributed by atoms with van der Waals surface area (Å²) >= 11 is 1.70. The maximum Gasteiger partial charge on any atom is 0.243 e. The lowest BCUT2D eigenvalue weighted by atomic mass is 10.3. The van der Waals surface area contributed by atoms with Gasteiger partial charge in [-0.05, 0) is 41.1 Å². The zero-order chi connectivity index (χ0) is 16.3. The first kappa shape index (κ1) is 16.4. The fraction of sp³-hybridized carbons (Fsp3) is 0.375. The van der Waals surface area contributed by atoms with E-state index < -0.39 is 10.0 Å². The van der Waals surface area contributed by atoms with Crippen LogP contribution < -0.4 is 9.64 Å². The van der Waals surface area contributed by atoms with Crippen molar-refractivity contribution in [3.8, 4) is 5.75 Å². The Morgan fingerprint density at radius 3 is 2.43 bits per heavy atom. The van der Waals surface area contributed by atoms with E-state index >= 15 is 0 Å². The fourth-order valence-corrected chi connectivity index (χ4v) is 4.91. The lowest BCUT2D eigenvalue weighted by Crippen LogP contribution is -3.13. The van der Waals surface area contributed by atoms with Gasteiger partial charge in [-0.25, -0.2) is 8.42 Å². The van der Waals surface area contributed by atoms with Crippen LogP contribution in [0.5, 0.6) is 5.75 Å². The number of ether oxygens (including phenoxy) is 1. The van der Waals surface area contributed by atoms with Gasteiger partial charge in [0.2, 0.25) is 10.0 Å². The molecule has 1 fully saturated rings. The maximum atomic E-state index is 12.7. The summed E-state index contributed by atoms with van der Waals surface area (Å²) in [5, 5.41) is 4.24. The minimum atomic E-state index is -3.41. The second-order valence-corrected chi connectivity index (χ2v) is 8.36. The molecule has 0 radical (unpaired) electrons. The minimum absolute atomic E-state index is 0.333. The van der Waals surface area contributed by atoms with E-state index in [4.69, 9.17) is 4.74 Å². The molecule has 1 aromatic heterocycles. The first-order valence-corrected chi connectivity index (χ1v) is 9.97. The second kappa shape index (κ2) is 7.00. The van der Waals surface area contributed by atoms with Gasteiger partial charge < -0.3 is 9.64 Å². The third-order valence-corrected chi connectivity index (χ3v) is 6.81. The summed E-state index contributed by atoms with van der Waals surface area (Å²) in [6.45, 7) is 3.78. The SMILES string of the molecule is COc1ccc(S(=O)(=O)N2CC[NH+](Cc3ccsc3)CC2)cc1. The molecule has 0 amide bonds. The minimum Gasteiger partial charge on any atom is -0.497 e. The molecule has 2 heterocycles. The molecule has 0 unspecified atom stereocenters. The number of sulfonamides is 1. The summed E-state index contributed by atoms with van der Waals surface area (Å²) in [5.41, 5.74) is 1.33. The average Bonchev–Trinajstić information content (AvgIpc) is 3.08. The molecule has 1 N–H and O–H groups in total. The van der Waals surface area contributed by atoms with Crippen LogP contribution in [0.2, 0.25) is 0 Å². The van der Waals surface area contributed by atoms with Crippen molar-refractivity contribution in [2.75, 3.05) is 33.3 Å². The molecule has 1 aliphatic heterocycles. The van der Waals surface area contributed by atoms with Crippen molar-refractivity contribution < 1.29 is 18.1 Å². The fourth-order valence-electron chi connectivity index (χ4n) is 2.80.